The number of aromatic nitrogens is 2. The van der Waals surface area contributed by atoms with Gasteiger partial charge < -0.3 is 14.8 Å². The zero-order valence-corrected chi connectivity index (χ0v) is 20.6. The second-order valence-corrected chi connectivity index (χ2v) is 9.34. The standard InChI is InChI=1S/C29H32N4O3/c1-21-9-10-22(16-28(21)35-14-15-36-29(34)23-6-3-2-4-7-23)19-33-13-5-8-26(20-33)31-25-11-12-27-24(17-25)18-30-32-27/h2-4,6-7,9-12,16-18,26,31H,5,8,13-15,19-20H2,1H3,(H,30,32). The molecular formula is C29H32N4O3. The molecule has 1 atom stereocenters. The number of piperidine rings is 1. The van der Waals surface area contributed by atoms with E-state index in [-0.39, 0.29) is 12.6 Å². The maximum absolute atomic E-state index is 12.1. The molecule has 1 aliphatic heterocycles. The van der Waals surface area contributed by atoms with Crippen LogP contribution in [-0.4, -0.2) is 53.4 Å². The van der Waals surface area contributed by atoms with Crippen LogP contribution in [0.1, 0.15) is 34.3 Å². The average Bonchev–Trinajstić information content (AvgIpc) is 3.37. The molecule has 1 saturated heterocycles. The second kappa shape index (κ2) is 11.3. The number of aryl methyl sites for hydroxylation is 1. The normalized spacial score (nSPS) is 16.1. The Morgan fingerprint density at radius 1 is 1.11 bits per heavy atom. The van der Waals surface area contributed by atoms with Crippen LogP contribution in [0.3, 0.4) is 0 Å². The third kappa shape index (κ3) is 6.04. The lowest BCUT2D eigenvalue weighted by molar-refractivity contribution is 0.0450. The number of rotatable bonds is 9. The third-order valence-electron chi connectivity index (χ3n) is 6.56. The number of ether oxygens (including phenoxy) is 2. The molecule has 36 heavy (non-hydrogen) atoms. The van der Waals surface area contributed by atoms with Gasteiger partial charge in [-0.1, -0.05) is 30.3 Å². The number of anilines is 1. The van der Waals surface area contributed by atoms with Crippen molar-refractivity contribution in [3.8, 4) is 5.75 Å². The van der Waals surface area contributed by atoms with Crippen molar-refractivity contribution in [3.05, 3.63) is 89.6 Å². The number of benzene rings is 3. The Balaban J connectivity index is 1.12. The minimum Gasteiger partial charge on any atom is -0.490 e. The first-order valence-corrected chi connectivity index (χ1v) is 12.5. The summed E-state index contributed by atoms with van der Waals surface area (Å²) < 4.78 is 11.3. The van der Waals surface area contributed by atoms with Crippen molar-refractivity contribution in [3.63, 3.8) is 0 Å². The number of nitrogens with zero attached hydrogens (tertiary/aromatic N) is 2. The fourth-order valence-electron chi connectivity index (χ4n) is 4.69. The maximum atomic E-state index is 12.1. The number of hydrogen-bond donors (Lipinski definition) is 2. The smallest absolute Gasteiger partial charge is 0.338 e. The van der Waals surface area contributed by atoms with Crippen LogP contribution < -0.4 is 10.1 Å². The number of likely N-dealkylation sites (tertiary alicyclic amines) is 1. The van der Waals surface area contributed by atoms with Crippen LogP contribution in [0.2, 0.25) is 0 Å². The van der Waals surface area contributed by atoms with E-state index in [1.807, 2.05) is 31.3 Å². The monoisotopic (exact) mass is 484 g/mol. The molecule has 3 aromatic carbocycles. The fraction of sp³-hybridized carbons (Fsp3) is 0.310. The SMILES string of the molecule is Cc1ccc(CN2CCCC(Nc3ccc4[nH]ncc4c3)C2)cc1OCCOC(=O)c1ccccc1. The lowest BCUT2D eigenvalue weighted by Gasteiger charge is -2.33. The van der Waals surface area contributed by atoms with Crippen LogP contribution in [-0.2, 0) is 11.3 Å². The van der Waals surface area contributed by atoms with E-state index < -0.39 is 0 Å². The molecule has 0 saturated carbocycles. The summed E-state index contributed by atoms with van der Waals surface area (Å²) in [4.78, 5) is 14.6. The molecule has 1 fully saturated rings. The Kier molecular flexibility index (Phi) is 7.47. The van der Waals surface area contributed by atoms with E-state index in [9.17, 15) is 4.79 Å². The minimum atomic E-state index is -0.331. The lowest BCUT2D eigenvalue weighted by atomic mass is 10.0. The molecular weight excluding hydrogens is 452 g/mol. The molecule has 2 heterocycles. The quantitative estimate of drug-likeness (QED) is 0.252. The summed E-state index contributed by atoms with van der Waals surface area (Å²) in [5, 5.41) is 11.9. The fourth-order valence-corrected chi connectivity index (χ4v) is 4.69. The van der Waals surface area contributed by atoms with Crippen LogP contribution >= 0.6 is 0 Å². The van der Waals surface area contributed by atoms with Gasteiger partial charge in [0, 0.05) is 30.2 Å². The zero-order chi connectivity index (χ0) is 24.7. The van der Waals surface area contributed by atoms with Gasteiger partial charge in [-0.15, -0.1) is 0 Å². The Morgan fingerprint density at radius 2 is 2.00 bits per heavy atom. The number of esters is 1. The van der Waals surface area contributed by atoms with Crippen LogP contribution in [0.5, 0.6) is 5.75 Å². The second-order valence-electron chi connectivity index (χ2n) is 9.34. The molecule has 5 rings (SSSR count). The number of aromatic amines is 1. The Hall–Kier alpha value is -3.84. The van der Waals surface area contributed by atoms with Gasteiger partial charge in [0.1, 0.15) is 19.0 Å². The van der Waals surface area contributed by atoms with E-state index in [0.29, 0.717) is 18.2 Å². The summed E-state index contributed by atoms with van der Waals surface area (Å²) in [5.74, 6) is 0.506. The van der Waals surface area contributed by atoms with Crippen LogP contribution in [0.4, 0.5) is 5.69 Å². The number of carbonyl (C=O) groups excluding carboxylic acids is 1. The van der Waals surface area contributed by atoms with Crippen LogP contribution in [0, 0.1) is 6.92 Å². The Bertz CT molecular complexity index is 1300. The number of carbonyl (C=O) groups is 1. The molecule has 0 bridgehead atoms. The zero-order valence-electron chi connectivity index (χ0n) is 20.6. The Labute approximate surface area is 211 Å². The summed E-state index contributed by atoms with van der Waals surface area (Å²) in [6, 6.07) is 22.1. The predicted molar refractivity (Wildman–Crippen MR) is 141 cm³/mol. The van der Waals surface area contributed by atoms with E-state index >= 15 is 0 Å². The summed E-state index contributed by atoms with van der Waals surface area (Å²) >= 11 is 0. The highest BCUT2D eigenvalue weighted by molar-refractivity contribution is 5.89. The van der Waals surface area contributed by atoms with Gasteiger partial charge in [-0.25, -0.2) is 4.79 Å². The van der Waals surface area contributed by atoms with Gasteiger partial charge >= 0.3 is 5.97 Å². The first kappa shape index (κ1) is 23.9. The summed E-state index contributed by atoms with van der Waals surface area (Å²) in [7, 11) is 0. The molecule has 2 N–H and O–H groups in total. The van der Waals surface area contributed by atoms with Crippen LogP contribution in [0.15, 0.2) is 72.9 Å². The predicted octanol–water partition coefficient (Wildman–Crippen LogP) is 5.18. The summed E-state index contributed by atoms with van der Waals surface area (Å²) in [6.45, 7) is 5.51. The van der Waals surface area contributed by atoms with Crippen molar-refractivity contribution in [1.29, 1.82) is 0 Å². The number of H-pyrrole nitrogens is 1. The largest absolute Gasteiger partial charge is 0.490 e. The highest BCUT2D eigenvalue weighted by Crippen LogP contribution is 2.24. The van der Waals surface area contributed by atoms with Gasteiger partial charge in [0.15, 0.2) is 0 Å². The minimum absolute atomic E-state index is 0.210. The molecule has 0 spiro atoms. The summed E-state index contributed by atoms with van der Waals surface area (Å²) in [5.41, 5.74) is 5.03. The highest BCUT2D eigenvalue weighted by Gasteiger charge is 2.20. The van der Waals surface area contributed by atoms with Crippen molar-refractivity contribution in [2.75, 3.05) is 31.6 Å². The molecule has 0 radical (unpaired) electrons. The highest BCUT2D eigenvalue weighted by atomic mass is 16.6. The number of hydrogen-bond acceptors (Lipinski definition) is 6. The van der Waals surface area contributed by atoms with Crippen molar-refractivity contribution in [2.24, 2.45) is 0 Å². The average molecular weight is 485 g/mol. The number of nitrogens with one attached hydrogen (secondary N) is 2. The van der Waals surface area contributed by atoms with Gasteiger partial charge in [0.2, 0.25) is 0 Å². The third-order valence-corrected chi connectivity index (χ3v) is 6.56. The van der Waals surface area contributed by atoms with Crippen molar-refractivity contribution in [1.82, 2.24) is 15.1 Å². The molecule has 7 nitrogen and oxygen atoms in total. The first-order chi connectivity index (χ1) is 17.6. The van der Waals surface area contributed by atoms with E-state index in [1.165, 1.54) is 5.56 Å². The molecule has 7 heteroatoms. The summed E-state index contributed by atoms with van der Waals surface area (Å²) in [6.07, 6.45) is 4.18. The van der Waals surface area contributed by atoms with E-state index in [0.717, 1.165) is 60.4 Å². The van der Waals surface area contributed by atoms with Crippen LogP contribution in [0.25, 0.3) is 10.9 Å². The van der Waals surface area contributed by atoms with Gasteiger partial charge in [0.25, 0.3) is 0 Å². The topological polar surface area (TPSA) is 79.5 Å². The molecule has 0 amide bonds. The van der Waals surface area contributed by atoms with Gasteiger partial charge in [-0.05, 0) is 73.8 Å². The van der Waals surface area contributed by atoms with Crippen molar-refractivity contribution < 1.29 is 14.3 Å². The van der Waals surface area contributed by atoms with E-state index in [2.05, 4.69) is 56.8 Å². The molecule has 0 aliphatic carbocycles. The van der Waals surface area contributed by atoms with Gasteiger partial charge in [-0.2, -0.15) is 5.10 Å². The van der Waals surface area contributed by atoms with Gasteiger partial charge in [-0.3, -0.25) is 10.00 Å². The molecule has 4 aromatic rings. The van der Waals surface area contributed by atoms with Crippen molar-refractivity contribution >= 4 is 22.6 Å². The van der Waals surface area contributed by atoms with Gasteiger partial charge in [0.05, 0.1) is 17.3 Å². The van der Waals surface area contributed by atoms with Crippen molar-refractivity contribution in [2.45, 2.75) is 32.4 Å². The van der Waals surface area contributed by atoms with E-state index in [4.69, 9.17) is 9.47 Å². The lowest BCUT2D eigenvalue weighted by Crippen LogP contribution is -2.41. The molecule has 1 aliphatic rings. The molecule has 1 unspecified atom stereocenters. The molecule has 186 valence electrons. The maximum Gasteiger partial charge on any atom is 0.338 e. The van der Waals surface area contributed by atoms with E-state index in [1.54, 1.807) is 12.1 Å². The number of fused-ring (bicyclic) bond motifs is 1. The molecule has 1 aromatic heterocycles. The first-order valence-electron chi connectivity index (χ1n) is 12.5. The Morgan fingerprint density at radius 3 is 2.89 bits per heavy atom.